The Kier molecular flexibility index (Phi) is 2.65. The summed E-state index contributed by atoms with van der Waals surface area (Å²) >= 11 is 0. The third-order valence-electron chi connectivity index (χ3n) is 2.42. The molecule has 16 heavy (non-hydrogen) atoms. The van der Waals surface area contributed by atoms with Gasteiger partial charge in [-0.1, -0.05) is 0 Å². The lowest BCUT2D eigenvalue weighted by atomic mass is 10.1. The number of aromatic nitrogens is 1. The van der Waals surface area contributed by atoms with Gasteiger partial charge in [0.15, 0.2) is 0 Å². The molecular weight excluding hydrogens is 226 g/mol. The Labute approximate surface area is 94.0 Å². The molecule has 1 aromatic heterocycles. The normalized spacial score (nSPS) is 11.9. The second kappa shape index (κ2) is 3.84. The van der Waals surface area contributed by atoms with Gasteiger partial charge in [-0.15, -0.1) is 0 Å². The van der Waals surface area contributed by atoms with Gasteiger partial charge in [0.25, 0.3) is 10.1 Å². The summed E-state index contributed by atoms with van der Waals surface area (Å²) in [4.78, 5) is 4.19. The van der Waals surface area contributed by atoms with Crippen LogP contribution in [0.15, 0.2) is 35.5 Å². The molecule has 4 nitrogen and oxygen atoms in total. The quantitative estimate of drug-likeness (QED) is 0.748. The molecule has 2 rings (SSSR count). The van der Waals surface area contributed by atoms with E-state index in [4.69, 9.17) is 0 Å². The first-order chi connectivity index (χ1) is 7.54. The summed E-state index contributed by atoms with van der Waals surface area (Å²) < 4.78 is 27.8. The summed E-state index contributed by atoms with van der Waals surface area (Å²) in [7, 11) is -2.48. The van der Waals surface area contributed by atoms with Crippen LogP contribution >= 0.6 is 0 Å². The molecular formula is C11H11NO3S. The Bertz CT molecular complexity index is 635. The summed E-state index contributed by atoms with van der Waals surface area (Å²) in [6.07, 6.45) is 3.33. The van der Waals surface area contributed by atoms with E-state index < -0.39 is 10.1 Å². The maximum atomic E-state index is 11.6. The van der Waals surface area contributed by atoms with Crippen LogP contribution in [-0.4, -0.2) is 20.5 Å². The zero-order chi connectivity index (χ0) is 11.8. The first kappa shape index (κ1) is 11.0. The summed E-state index contributed by atoms with van der Waals surface area (Å²) in [6.45, 7) is 1.73. The van der Waals surface area contributed by atoms with Crippen LogP contribution in [0.5, 0.6) is 0 Å². The molecule has 2 aromatic rings. The number of rotatable bonds is 2. The van der Waals surface area contributed by atoms with Gasteiger partial charge in [0.1, 0.15) is 0 Å². The molecule has 0 saturated heterocycles. The average molecular weight is 237 g/mol. The minimum absolute atomic E-state index is 0.203. The van der Waals surface area contributed by atoms with Crippen LogP contribution in [0, 0.1) is 6.92 Å². The Balaban J connectivity index is 2.78. The van der Waals surface area contributed by atoms with Crippen LogP contribution in [0.25, 0.3) is 10.8 Å². The van der Waals surface area contributed by atoms with Gasteiger partial charge in [-0.05, 0) is 36.1 Å². The van der Waals surface area contributed by atoms with Gasteiger partial charge in [0.05, 0.1) is 12.0 Å². The molecule has 0 N–H and O–H groups in total. The van der Waals surface area contributed by atoms with Gasteiger partial charge < -0.3 is 0 Å². The van der Waals surface area contributed by atoms with Crippen molar-refractivity contribution in [3.8, 4) is 0 Å². The zero-order valence-electron chi connectivity index (χ0n) is 8.97. The molecule has 0 aliphatic heterocycles. The van der Waals surface area contributed by atoms with E-state index in [-0.39, 0.29) is 4.90 Å². The lowest BCUT2D eigenvalue weighted by molar-refractivity contribution is 0.397. The highest BCUT2D eigenvalue weighted by molar-refractivity contribution is 7.86. The molecule has 1 heterocycles. The van der Waals surface area contributed by atoms with Crippen LogP contribution in [0.4, 0.5) is 0 Å². The first-order valence-electron chi connectivity index (χ1n) is 4.69. The van der Waals surface area contributed by atoms with Crippen molar-refractivity contribution in [3.63, 3.8) is 0 Å². The summed E-state index contributed by atoms with van der Waals surface area (Å²) in [6, 6.07) is 5.16. The molecule has 0 amide bonds. The van der Waals surface area contributed by atoms with Crippen LogP contribution in [0.1, 0.15) is 5.56 Å². The molecule has 0 bridgehead atoms. The standard InChI is InChI=1S/C11H11NO3S/c1-8-5-10-7-12-4-3-9(10)6-11(8)16(13,14)15-2/h3-7H,1-2H3. The Morgan fingerprint density at radius 3 is 2.69 bits per heavy atom. The third kappa shape index (κ3) is 1.79. The van der Waals surface area contributed by atoms with E-state index >= 15 is 0 Å². The van der Waals surface area contributed by atoms with Crippen molar-refractivity contribution < 1.29 is 12.6 Å². The van der Waals surface area contributed by atoms with Crippen LogP contribution in [-0.2, 0) is 14.3 Å². The van der Waals surface area contributed by atoms with Crippen molar-refractivity contribution in [1.82, 2.24) is 4.98 Å². The number of pyridine rings is 1. The van der Waals surface area contributed by atoms with Gasteiger partial charge in [0.2, 0.25) is 0 Å². The van der Waals surface area contributed by atoms with E-state index in [0.717, 1.165) is 17.9 Å². The lowest BCUT2D eigenvalue weighted by Gasteiger charge is -2.07. The van der Waals surface area contributed by atoms with Gasteiger partial charge in [-0.2, -0.15) is 8.42 Å². The van der Waals surface area contributed by atoms with Gasteiger partial charge in [-0.25, -0.2) is 0 Å². The molecule has 0 aliphatic carbocycles. The second-order valence-electron chi connectivity index (χ2n) is 3.46. The predicted molar refractivity (Wildman–Crippen MR) is 60.7 cm³/mol. The van der Waals surface area contributed by atoms with Crippen molar-refractivity contribution in [2.45, 2.75) is 11.8 Å². The zero-order valence-corrected chi connectivity index (χ0v) is 9.78. The number of benzene rings is 1. The second-order valence-corrected chi connectivity index (χ2v) is 5.14. The molecule has 0 fully saturated rings. The Morgan fingerprint density at radius 1 is 1.25 bits per heavy atom. The number of nitrogens with zero attached hydrogens (tertiary/aromatic N) is 1. The monoisotopic (exact) mass is 237 g/mol. The molecule has 84 valence electrons. The molecule has 0 aliphatic rings. The van der Waals surface area contributed by atoms with Crippen molar-refractivity contribution in [3.05, 3.63) is 36.2 Å². The maximum Gasteiger partial charge on any atom is 0.296 e. The van der Waals surface area contributed by atoms with Gasteiger partial charge >= 0.3 is 0 Å². The first-order valence-corrected chi connectivity index (χ1v) is 6.10. The highest BCUT2D eigenvalue weighted by Gasteiger charge is 2.16. The van der Waals surface area contributed by atoms with Gasteiger partial charge in [0, 0.05) is 17.8 Å². The van der Waals surface area contributed by atoms with E-state index in [0.29, 0.717) is 5.56 Å². The predicted octanol–water partition coefficient (Wildman–Crippen LogP) is 1.88. The SMILES string of the molecule is COS(=O)(=O)c1cc2ccncc2cc1C. The Hall–Kier alpha value is -1.46. The highest BCUT2D eigenvalue weighted by Crippen LogP contribution is 2.23. The maximum absolute atomic E-state index is 11.6. The molecule has 0 saturated carbocycles. The molecule has 1 aromatic carbocycles. The fourth-order valence-electron chi connectivity index (χ4n) is 1.59. The molecule has 0 atom stereocenters. The molecule has 0 unspecified atom stereocenters. The number of hydrogen-bond donors (Lipinski definition) is 0. The number of aryl methyl sites for hydroxylation is 1. The van der Waals surface area contributed by atoms with Crippen molar-refractivity contribution in [1.29, 1.82) is 0 Å². The number of hydrogen-bond acceptors (Lipinski definition) is 4. The fourth-order valence-corrected chi connectivity index (χ4v) is 2.49. The summed E-state index contributed by atoms with van der Waals surface area (Å²) in [5.41, 5.74) is 0.655. The topological polar surface area (TPSA) is 56.3 Å². The summed E-state index contributed by atoms with van der Waals surface area (Å²) in [5, 5.41) is 1.74. The minimum atomic E-state index is -3.64. The van der Waals surface area contributed by atoms with Crippen LogP contribution in [0.3, 0.4) is 0 Å². The van der Waals surface area contributed by atoms with E-state index in [1.54, 1.807) is 37.5 Å². The summed E-state index contributed by atoms with van der Waals surface area (Å²) in [5.74, 6) is 0. The van der Waals surface area contributed by atoms with Gasteiger partial charge in [-0.3, -0.25) is 9.17 Å². The smallest absolute Gasteiger partial charge is 0.270 e. The third-order valence-corrected chi connectivity index (χ3v) is 3.84. The lowest BCUT2D eigenvalue weighted by Crippen LogP contribution is -2.04. The van der Waals surface area contributed by atoms with Crippen molar-refractivity contribution in [2.24, 2.45) is 0 Å². The van der Waals surface area contributed by atoms with E-state index in [2.05, 4.69) is 9.17 Å². The highest BCUT2D eigenvalue weighted by atomic mass is 32.2. The average Bonchev–Trinajstić information content (AvgIpc) is 2.28. The molecule has 0 spiro atoms. The fraction of sp³-hybridized carbons (Fsp3) is 0.182. The van der Waals surface area contributed by atoms with Crippen molar-refractivity contribution in [2.75, 3.05) is 7.11 Å². The largest absolute Gasteiger partial charge is 0.296 e. The van der Waals surface area contributed by atoms with Crippen LogP contribution in [0.2, 0.25) is 0 Å². The number of fused-ring (bicyclic) bond motifs is 1. The minimum Gasteiger partial charge on any atom is -0.270 e. The molecule has 0 radical (unpaired) electrons. The van der Waals surface area contributed by atoms with E-state index in [1.165, 1.54) is 0 Å². The van der Waals surface area contributed by atoms with E-state index in [1.807, 2.05) is 0 Å². The Morgan fingerprint density at radius 2 is 2.00 bits per heavy atom. The molecule has 5 heteroatoms. The van der Waals surface area contributed by atoms with Crippen molar-refractivity contribution >= 4 is 20.9 Å². The van der Waals surface area contributed by atoms with Crippen LogP contribution < -0.4 is 0 Å². The van der Waals surface area contributed by atoms with E-state index in [9.17, 15) is 8.42 Å².